The second-order valence-corrected chi connectivity index (χ2v) is 3.90. The number of nitrogens with two attached hydrogens (primary N) is 1. The van der Waals surface area contributed by atoms with E-state index in [1.807, 2.05) is 13.0 Å². The summed E-state index contributed by atoms with van der Waals surface area (Å²) in [4.78, 5) is 11.9. The van der Waals surface area contributed by atoms with Gasteiger partial charge in [0.15, 0.2) is 5.82 Å². The normalized spacial score (nSPS) is 10.2. The molecule has 5 heteroatoms. The molecular weight excluding hydrogens is 216 g/mol. The quantitative estimate of drug-likeness (QED) is 0.769. The highest BCUT2D eigenvalue weighted by atomic mass is 16.1. The van der Waals surface area contributed by atoms with E-state index in [4.69, 9.17) is 5.73 Å². The van der Waals surface area contributed by atoms with Crippen molar-refractivity contribution in [2.24, 2.45) is 7.05 Å². The first-order valence-corrected chi connectivity index (χ1v) is 5.23. The van der Waals surface area contributed by atoms with Crippen molar-refractivity contribution in [3.63, 3.8) is 0 Å². The molecule has 2 rings (SSSR count). The Balaban J connectivity index is 2.17. The van der Waals surface area contributed by atoms with Crippen molar-refractivity contribution >= 4 is 17.4 Å². The van der Waals surface area contributed by atoms with E-state index in [9.17, 15) is 4.79 Å². The number of rotatable bonds is 2. The Morgan fingerprint density at radius 1 is 1.41 bits per heavy atom. The van der Waals surface area contributed by atoms with E-state index in [0.29, 0.717) is 17.1 Å². The van der Waals surface area contributed by atoms with Gasteiger partial charge in [0.25, 0.3) is 5.91 Å². The van der Waals surface area contributed by atoms with Crippen LogP contribution in [0.1, 0.15) is 15.9 Å². The smallest absolute Gasteiger partial charge is 0.256 e. The molecule has 3 N–H and O–H groups in total. The number of hydrogen-bond donors (Lipinski definition) is 2. The van der Waals surface area contributed by atoms with Crippen LogP contribution in [0.3, 0.4) is 0 Å². The molecule has 0 saturated heterocycles. The van der Waals surface area contributed by atoms with Gasteiger partial charge in [-0.2, -0.15) is 5.10 Å². The highest BCUT2D eigenvalue weighted by Gasteiger charge is 2.08. The molecule has 0 fully saturated rings. The van der Waals surface area contributed by atoms with Crippen molar-refractivity contribution in [1.82, 2.24) is 9.78 Å². The average molecular weight is 230 g/mol. The number of carbonyl (C=O) groups is 1. The van der Waals surface area contributed by atoms with Crippen LogP contribution < -0.4 is 11.1 Å². The standard InChI is InChI=1S/C12H14N4O/c1-8-3-4-9(7-10(8)13)12(17)14-11-5-6-16(2)15-11/h3-7H,13H2,1-2H3,(H,14,15,17). The first-order chi connectivity index (χ1) is 8.06. The number of aromatic nitrogens is 2. The number of nitrogens with one attached hydrogen (secondary N) is 1. The Morgan fingerprint density at radius 2 is 2.18 bits per heavy atom. The maximum Gasteiger partial charge on any atom is 0.256 e. The number of nitrogen functional groups attached to an aromatic ring is 1. The maximum absolute atomic E-state index is 11.9. The zero-order chi connectivity index (χ0) is 12.4. The lowest BCUT2D eigenvalue weighted by Gasteiger charge is -2.04. The minimum absolute atomic E-state index is 0.213. The van der Waals surface area contributed by atoms with Gasteiger partial charge in [-0.15, -0.1) is 0 Å². The summed E-state index contributed by atoms with van der Waals surface area (Å²) in [6, 6.07) is 6.95. The third kappa shape index (κ3) is 2.44. The van der Waals surface area contributed by atoms with E-state index in [1.54, 1.807) is 36.1 Å². The molecule has 2 aromatic rings. The molecule has 5 nitrogen and oxygen atoms in total. The van der Waals surface area contributed by atoms with Crippen LogP contribution >= 0.6 is 0 Å². The van der Waals surface area contributed by atoms with Crippen LogP contribution in [0, 0.1) is 6.92 Å². The summed E-state index contributed by atoms with van der Waals surface area (Å²) in [6.45, 7) is 1.90. The largest absolute Gasteiger partial charge is 0.398 e. The molecule has 17 heavy (non-hydrogen) atoms. The van der Waals surface area contributed by atoms with Gasteiger partial charge in [-0.3, -0.25) is 9.48 Å². The fourth-order valence-corrected chi connectivity index (χ4v) is 1.45. The lowest BCUT2D eigenvalue weighted by Crippen LogP contribution is -2.13. The second-order valence-electron chi connectivity index (χ2n) is 3.90. The highest BCUT2D eigenvalue weighted by Crippen LogP contribution is 2.14. The zero-order valence-electron chi connectivity index (χ0n) is 9.77. The Bertz CT molecular complexity index is 559. The van der Waals surface area contributed by atoms with Crippen molar-refractivity contribution in [3.05, 3.63) is 41.6 Å². The van der Waals surface area contributed by atoms with Crippen LogP contribution in [0.2, 0.25) is 0 Å². The molecule has 0 aliphatic carbocycles. The molecule has 1 aromatic heterocycles. The van der Waals surface area contributed by atoms with E-state index in [2.05, 4.69) is 10.4 Å². The summed E-state index contributed by atoms with van der Waals surface area (Å²) in [7, 11) is 1.79. The van der Waals surface area contributed by atoms with Gasteiger partial charge < -0.3 is 11.1 Å². The summed E-state index contributed by atoms with van der Waals surface area (Å²) in [5.74, 6) is 0.312. The molecule has 0 bridgehead atoms. The van der Waals surface area contributed by atoms with Crippen molar-refractivity contribution in [2.45, 2.75) is 6.92 Å². The monoisotopic (exact) mass is 230 g/mol. The van der Waals surface area contributed by atoms with E-state index < -0.39 is 0 Å². The average Bonchev–Trinajstić information content (AvgIpc) is 2.68. The van der Waals surface area contributed by atoms with Gasteiger partial charge in [0.2, 0.25) is 0 Å². The topological polar surface area (TPSA) is 72.9 Å². The molecule has 1 amide bonds. The van der Waals surface area contributed by atoms with Gasteiger partial charge in [-0.05, 0) is 24.6 Å². The van der Waals surface area contributed by atoms with Crippen LogP contribution in [0.4, 0.5) is 11.5 Å². The highest BCUT2D eigenvalue weighted by molar-refractivity contribution is 6.04. The second kappa shape index (κ2) is 4.29. The van der Waals surface area contributed by atoms with E-state index in [-0.39, 0.29) is 5.91 Å². The van der Waals surface area contributed by atoms with E-state index in [0.717, 1.165) is 5.56 Å². The molecule has 1 heterocycles. The van der Waals surface area contributed by atoms with Crippen LogP contribution in [0.15, 0.2) is 30.5 Å². The van der Waals surface area contributed by atoms with Gasteiger partial charge >= 0.3 is 0 Å². The number of hydrogen-bond acceptors (Lipinski definition) is 3. The number of benzene rings is 1. The molecule has 1 aromatic carbocycles. The SMILES string of the molecule is Cc1ccc(C(=O)Nc2ccn(C)n2)cc1N. The number of amides is 1. The van der Waals surface area contributed by atoms with Crippen LogP contribution in [-0.2, 0) is 7.05 Å². The Labute approximate surface area is 99.2 Å². The van der Waals surface area contributed by atoms with Gasteiger partial charge in [0.1, 0.15) is 0 Å². The van der Waals surface area contributed by atoms with Gasteiger partial charge in [-0.25, -0.2) is 0 Å². The van der Waals surface area contributed by atoms with Gasteiger partial charge in [0, 0.05) is 30.6 Å². The summed E-state index contributed by atoms with van der Waals surface area (Å²) < 4.78 is 1.62. The first-order valence-electron chi connectivity index (χ1n) is 5.23. The van der Waals surface area contributed by atoms with E-state index in [1.165, 1.54) is 0 Å². The minimum Gasteiger partial charge on any atom is -0.398 e. The van der Waals surface area contributed by atoms with Crippen molar-refractivity contribution < 1.29 is 4.79 Å². The van der Waals surface area contributed by atoms with Crippen molar-refractivity contribution in [1.29, 1.82) is 0 Å². The van der Waals surface area contributed by atoms with Gasteiger partial charge in [-0.1, -0.05) is 6.07 Å². The zero-order valence-corrected chi connectivity index (χ0v) is 9.77. The van der Waals surface area contributed by atoms with E-state index >= 15 is 0 Å². The predicted octanol–water partition coefficient (Wildman–Crippen LogP) is 1.56. The Morgan fingerprint density at radius 3 is 2.76 bits per heavy atom. The summed E-state index contributed by atoms with van der Waals surface area (Å²) in [5.41, 5.74) is 7.85. The molecular formula is C12H14N4O. The first kappa shape index (κ1) is 11.2. The van der Waals surface area contributed by atoms with Crippen LogP contribution in [0.25, 0.3) is 0 Å². The molecule has 0 aliphatic rings. The molecule has 0 radical (unpaired) electrons. The molecule has 0 aliphatic heterocycles. The Kier molecular flexibility index (Phi) is 2.82. The maximum atomic E-state index is 11.9. The molecule has 0 saturated carbocycles. The number of carbonyl (C=O) groups excluding carboxylic acids is 1. The Hall–Kier alpha value is -2.30. The summed E-state index contributed by atoms with van der Waals surface area (Å²) in [6.07, 6.45) is 1.76. The molecule has 0 spiro atoms. The number of anilines is 2. The van der Waals surface area contributed by atoms with Crippen molar-refractivity contribution in [3.8, 4) is 0 Å². The van der Waals surface area contributed by atoms with Crippen LogP contribution in [-0.4, -0.2) is 15.7 Å². The summed E-state index contributed by atoms with van der Waals surface area (Å²) >= 11 is 0. The lowest BCUT2D eigenvalue weighted by molar-refractivity contribution is 0.102. The van der Waals surface area contributed by atoms with Crippen molar-refractivity contribution in [2.75, 3.05) is 11.1 Å². The third-order valence-electron chi connectivity index (χ3n) is 2.50. The number of aryl methyl sites for hydroxylation is 2. The fourth-order valence-electron chi connectivity index (χ4n) is 1.45. The number of nitrogens with zero attached hydrogens (tertiary/aromatic N) is 2. The molecule has 0 atom stereocenters. The molecule has 88 valence electrons. The van der Waals surface area contributed by atoms with Gasteiger partial charge in [0.05, 0.1) is 0 Å². The predicted molar refractivity (Wildman–Crippen MR) is 66.8 cm³/mol. The lowest BCUT2D eigenvalue weighted by atomic mass is 10.1. The summed E-state index contributed by atoms with van der Waals surface area (Å²) in [5, 5.41) is 6.77. The third-order valence-corrected chi connectivity index (χ3v) is 2.50. The minimum atomic E-state index is -0.213. The molecule has 0 unspecified atom stereocenters. The fraction of sp³-hybridized carbons (Fsp3) is 0.167. The van der Waals surface area contributed by atoms with Crippen LogP contribution in [0.5, 0.6) is 0 Å².